The Bertz CT molecular complexity index is 508. The molecule has 0 aliphatic carbocycles. The SMILES string of the molecule is CCNCc1ccn(-c2cccc(Cl)c2Cl)n1. The van der Waals surface area contributed by atoms with Gasteiger partial charge >= 0.3 is 0 Å². The van der Waals surface area contributed by atoms with Gasteiger partial charge in [0.2, 0.25) is 0 Å². The van der Waals surface area contributed by atoms with Gasteiger partial charge in [0, 0.05) is 12.7 Å². The topological polar surface area (TPSA) is 29.9 Å². The van der Waals surface area contributed by atoms with Crippen molar-refractivity contribution in [3.05, 3.63) is 46.2 Å². The van der Waals surface area contributed by atoms with Gasteiger partial charge in [-0.15, -0.1) is 0 Å². The maximum Gasteiger partial charge on any atom is 0.0849 e. The van der Waals surface area contributed by atoms with Gasteiger partial charge in [0.05, 0.1) is 21.4 Å². The van der Waals surface area contributed by atoms with Crippen LogP contribution in [0.2, 0.25) is 10.0 Å². The van der Waals surface area contributed by atoms with Gasteiger partial charge in [-0.3, -0.25) is 0 Å². The van der Waals surface area contributed by atoms with E-state index in [-0.39, 0.29) is 0 Å². The number of nitrogens with one attached hydrogen (secondary N) is 1. The molecule has 1 heterocycles. The molecule has 1 aromatic carbocycles. The van der Waals surface area contributed by atoms with E-state index in [1.165, 1.54) is 0 Å². The fourth-order valence-electron chi connectivity index (χ4n) is 1.51. The Morgan fingerprint density at radius 2 is 2.12 bits per heavy atom. The van der Waals surface area contributed by atoms with E-state index >= 15 is 0 Å². The summed E-state index contributed by atoms with van der Waals surface area (Å²) in [6, 6.07) is 7.46. The normalized spacial score (nSPS) is 10.8. The molecular weight excluding hydrogens is 257 g/mol. The number of benzene rings is 1. The number of hydrogen-bond donors (Lipinski definition) is 1. The van der Waals surface area contributed by atoms with E-state index in [2.05, 4.69) is 17.3 Å². The fraction of sp³-hybridized carbons (Fsp3) is 0.250. The smallest absolute Gasteiger partial charge is 0.0849 e. The lowest BCUT2D eigenvalue weighted by Gasteiger charge is -2.05. The van der Waals surface area contributed by atoms with Crippen LogP contribution in [-0.4, -0.2) is 16.3 Å². The molecule has 0 amide bonds. The highest BCUT2D eigenvalue weighted by molar-refractivity contribution is 6.43. The first-order valence-corrected chi connectivity index (χ1v) is 6.17. The molecule has 1 aromatic heterocycles. The van der Waals surface area contributed by atoms with E-state index in [0.29, 0.717) is 10.0 Å². The Balaban J connectivity index is 2.27. The number of aromatic nitrogens is 2. The van der Waals surface area contributed by atoms with E-state index in [1.807, 2.05) is 24.4 Å². The molecule has 0 aliphatic rings. The molecule has 0 aliphatic heterocycles. The average Bonchev–Trinajstić information content (AvgIpc) is 2.78. The Morgan fingerprint density at radius 3 is 2.88 bits per heavy atom. The number of rotatable bonds is 4. The van der Waals surface area contributed by atoms with Crippen LogP contribution < -0.4 is 5.32 Å². The molecule has 0 saturated heterocycles. The van der Waals surface area contributed by atoms with Crippen LogP contribution in [0.4, 0.5) is 0 Å². The second-order valence-corrected chi connectivity index (χ2v) is 4.39. The number of nitrogens with zero attached hydrogens (tertiary/aromatic N) is 2. The average molecular weight is 270 g/mol. The Kier molecular flexibility index (Phi) is 4.05. The van der Waals surface area contributed by atoms with Crippen LogP contribution in [0.15, 0.2) is 30.5 Å². The lowest BCUT2D eigenvalue weighted by molar-refractivity contribution is 0.696. The molecule has 0 spiro atoms. The van der Waals surface area contributed by atoms with Crippen LogP contribution in [0.5, 0.6) is 0 Å². The molecule has 0 atom stereocenters. The van der Waals surface area contributed by atoms with Crippen molar-refractivity contribution in [2.45, 2.75) is 13.5 Å². The second kappa shape index (κ2) is 5.54. The summed E-state index contributed by atoms with van der Waals surface area (Å²) in [5.74, 6) is 0. The molecule has 90 valence electrons. The minimum Gasteiger partial charge on any atom is -0.311 e. The molecule has 2 aromatic rings. The molecular formula is C12H13Cl2N3. The standard InChI is InChI=1S/C12H13Cl2N3/c1-2-15-8-9-6-7-17(16-9)11-5-3-4-10(13)12(11)14/h3-7,15H,2,8H2,1H3. The first kappa shape index (κ1) is 12.4. The van der Waals surface area contributed by atoms with Crippen LogP contribution in [0, 0.1) is 0 Å². The molecule has 3 nitrogen and oxygen atoms in total. The van der Waals surface area contributed by atoms with Crippen molar-refractivity contribution >= 4 is 23.2 Å². The molecule has 0 fully saturated rings. The number of halogens is 2. The summed E-state index contributed by atoms with van der Waals surface area (Å²) in [5.41, 5.74) is 1.77. The molecule has 0 bridgehead atoms. The first-order chi connectivity index (χ1) is 8.22. The zero-order valence-corrected chi connectivity index (χ0v) is 11.0. The molecule has 5 heteroatoms. The first-order valence-electron chi connectivity index (χ1n) is 5.42. The van der Waals surface area contributed by atoms with Gasteiger partial charge in [-0.2, -0.15) is 5.10 Å². The summed E-state index contributed by atoms with van der Waals surface area (Å²) in [5, 5.41) is 8.71. The Labute approximate surface area is 110 Å². The Morgan fingerprint density at radius 1 is 1.29 bits per heavy atom. The van der Waals surface area contributed by atoms with E-state index in [4.69, 9.17) is 23.2 Å². The lowest BCUT2D eigenvalue weighted by atomic mass is 10.3. The van der Waals surface area contributed by atoms with Gasteiger partial charge < -0.3 is 5.32 Å². The van der Waals surface area contributed by atoms with Crippen LogP contribution >= 0.6 is 23.2 Å². The monoisotopic (exact) mass is 269 g/mol. The molecule has 0 unspecified atom stereocenters. The third-order valence-corrected chi connectivity index (χ3v) is 3.19. The third-order valence-electron chi connectivity index (χ3n) is 2.38. The second-order valence-electron chi connectivity index (χ2n) is 3.60. The van der Waals surface area contributed by atoms with Gasteiger partial charge in [0.15, 0.2) is 0 Å². The van der Waals surface area contributed by atoms with Gasteiger partial charge in [0.1, 0.15) is 0 Å². The zero-order chi connectivity index (χ0) is 12.3. The minimum absolute atomic E-state index is 0.521. The summed E-state index contributed by atoms with van der Waals surface area (Å²) in [4.78, 5) is 0. The van der Waals surface area contributed by atoms with Crippen molar-refractivity contribution in [2.24, 2.45) is 0 Å². The Hall–Kier alpha value is -1.03. The van der Waals surface area contributed by atoms with Gasteiger partial charge in [-0.1, -0.05) is 36.2 Å². The highest BCUT2D eigenvalue weighted by Crippen LogP contribution is 2.27. The minimum atomic E-state index is 0.521. The highest BCUT2D eigenvalue weighted by Gasteiger charge is 2.07. The molecule has 17 heavy (non-hydrogen) atoms. The summed E-state index contributed by atoms with van der Waals surface area (Å²) in [6.07, 6.45) is 1.88. The zero-order valence-electron chi connectivity index (χ0n) is 9.45. The molecule has 0 saturated carbocycles. The summed E-state index contributed by atoms with van der Waals surface area (Å²) in [6.45, 7) is 3.73. The summed E-state index contributed by atoms with van der Waals surface area (Å²) < 4.78 is 1.74. The lowest BCUT2D eigenvalue weighted by Crippen LogP contribution is -2.12. The van der Waals surface area contributed by atoms with E-state index in [9.17, 15) is 0 Å². The fourth-order valence-corrected chi connectivity index (χ4v) is 1.89. The predicted molar refractivity (Wildman–Crippen MR) is 71.0 cm³/mol. The predicted octanol–water partition coefficient (Wildman–Crippen LogP) is 3.29. The molecule has 0 radical (unpaired) electrons. The van der Waals surface area contributed by atoms with Crippen LogP contribution in [0.1, 0.15) is 12.6 Å². The van der Waals surface area contributed by atoms with Crippen LogP contribution in [0.3, 0.4) is 0 Å². The van der Waals surface area contributed by atoms with Crippen molar-refractivity contribution in [1.29, 1.82) is 0 Å². The van der Waals surface area contributed by atoms with Gasteiger partial charge in [-0.05, 0) is 24.7 Å². The van der Waals surface area contributed by atoms with Crippen LogP contribution in [-0.2, 0) is 6.54 Å². The molecule has 2 rings (SSSR count). The summed E-state index contributed by atoms with van der Waals surface area (Å²) in [7, 11) is 0. The van der Waals surface area contributed by atoms with Gasteiger partial charge in [-0.25, -0.2) is 4.68 Å². The highest BCUT2D eigenvalue weighted by atomic mass is 35.5. The van der Waals surface area contributed by atoms with Crippen molar-refractivity contribution < 1.29 is 0 Å². The van der Waals surface area contributed by atoms with Crippen molar-refractivity contribution in [1.82, 2.24) is 15.1 Å². The van der Waals surface area contributed by atoms with E-state index in [0.717, 1.165) is 24.5 Å². The van der Waals surface area contributed by atoms with Crippen LogP contribution in [0.25, 0.3) is 5.69 Å². The largest absolute Gasteiger partial charge is 0.311 e. The van der Waals surface area contributed by atoms with Crippen molar-refractivity contribution in [2.75, 3.05) is 6.54 Å². The van der Waals surface area contributed by atoms with E-state index in [1.54, 1.807) is 10.7 Å². The van der Waals surface area contributed by atoms with E-state index < -0.39 is 0 Å². The number of hydrogen-bond acceptors (Lipinski definition) is 2. The molecule has 1 N–H and O–H groups in total. The quantitative estimate of drug-likeness (QED) is 0.923. The maximum absolute atomic E-state index is 6.13. The third kappa shape index (κ3) is 2.80. The van der Waals surface area contributed by atoms with Gasteiger partial charge in [0.25, 0.3) is 0 Å². The van der Waals surface area contributed by atoms with Crippen molar-refractivity contribution in [3.63, 3.8) is 0 Å². The summed E-state index contributed by atoms with van der Waals surface area (Å²) >= 11 is 12.1. The maximum atomic E-state index is 6.13. The van der Waals surface area contributed by atoms with Crippen molar-refractivity contribution in [3.8, 4) is 5.69 Å².